The molecule has 3 heteroatoms. The van der Waals surface area contributed by atoms with E-state index in [0.717, 1.165) is 5.69 Å². The summed E-state index contributed by atoms with van der Waals surface area (Å²) in [7, 11) is 0. The molecule has 1 atom stereocenters. The number of hydrogen-bond acceptors (Lipinski definition) is 1. The zero-order chi connectivity index (χ0) is 15.5. The van der Waals surface area contributed by atoms with Crippen LogP contribution in [0.3, 0.4) is 0 Å². The molecule has 1 amide bonds. The summed E-state index contributed by atoms with van der Waals surface area (Å²) in [6.45, 7) is 6.01. The molecule has 0 spiro atoms. The lowest BCUT2D eigenvalue weighted by Gasteiger charge is -2.29. The van der Waals surface area contributed by atoms with Crippen LogP contribution in [-0.2, 0) is 4.79 Å². The van der Waals surface area contributed by atoms with E-state index < -0.39 is 5.41 Å². The molecule has 0 aliphatic heterocycles. The Morgan fingerprint density at radius 3 is 2.19 bits per heavy atom. The van der Waals surface area contributed by atoms with Crippen LogP contribution in [0.5, 0.6) is 0 Å². The summed E-state index contributed by atoms with van der Waals surface area (Å²) in [6, 6.07) is 18.0. The van der Waals surface area contributed by atoms with Crippen LogP contribution in [0.4, 0.5) is 5.69 Å². The first-order valence-corrected chi connectivity index (χ1v) is 8.23. The van der Waals surface area contributed by atoms with E-state index in [0.29, 0.717) is 0 Å². The summed E-state index contributed by atoms with van der Waals surface area (Å²) in [5.74, 6) is 0.0367. The first kappa shape index (κ1) is 16.0. The van der Waals surface area contributed by atoms with E-state index in [9.17, 15) is 4.79 Å². The van der Waals surface area contributed by atoms with Crippen molar-refractivity contribution in [1.82, 2.24) is 0 Å². The highest BCUT2D eigenvalue weighted by Gasteiger charge is 2.36. The molecule has 0 saturated carbocycles. The van der Waals surface area contributed by atoms with Crippen LogP contribution in [0.15, 0.2) is 54.6 Å². The van der Waals surface area contributed by atoms with Crippen molar-refractivity contribution in [2.45, 2.75) is 24.7 Å². The Balaban J connectivity index is 2.14. The predicted octanol–water partition coefficient (Wildman–Crippen LogP) is 5.14. The number of aryl methyl sites for hydroxylation is 1. The summed E-state index contributed by atoms with van der Waals surface area (Å²) in [6.07, 6.45) is 0. The molecule has 2 rings (SSSR count). The zero-order valence-electron chi connectivity index (χ0n) is 12.6. The molecular formula is C18H20INO. The summed E-state index contributed by atoms with van der Waals surface area (Å²) in [4.78, 5) is 12.6. The number of benzene rings is 2. The molecule has 1 N–H and O–H groups in total. The van der Waals surface area contributed by atoms with Gasteiger partial charge in [-0.1, -0.05) is 70.6 Å². The van der Waals surface area contributed by atoms with Gasteiger partial charge in [0.15, 0.2) is 0 Å². The van der Waals surface area contributed by atoms with Crippen molar-refractivity contribution in [3.63, 3.8) is 0 Å². The summed E-state index contributed by atoms with van der Waals surface area (Å²) < 4.78 is 0.113. The number of rotatable bonds is 4. The molecule has 110 valence electrons. The Bertz CT molecular complexity index is 605. The van der Waals surface area contributed by atoms with Crippen molar-refractivity contribution in [1.29, 1.82) is 0 Å². The minimum Gasteiger partial charge on any atom is -0.326 e. The van der Waals surface area contributed by atoms with E-state index >= 15 is 0 Å². The Hall–Kier alpha value is -1.36. The number of nitrogens with one attached hydrogen (secondary N) is 1. The van der Waals surface area contributed by atoms with Gasteiger partial charge in [0.25, 0.3) is 0 Å². The minimum atomic E-state index is -0.493. The fourth-order valence-electron chi connectivity index (χ4n) is 2.08. The lowest BCUT2D eigenvalue weighted by atomic mass is 9.84. The van der Waals surface area contributed by atoms with Gasteiger partial charge in [-0.25, -0.2) is 0 Å². The van der Waals surface area contributed by atoms with Gasteiger partial charge >= 0.3 is 0 Å². The lowest BCUT2D eigenvalue weighted by Crippen LogP contribution is -2.34. The second-order valence-electron chi connectivity index (χ2n) is 5.82. The Morgan fingerprint density at radius 2 is 1.62 bits per heavy atom. The number of anilines is 1. The van der Waals surface area contributed by atoms with E-state index in [1.54, 1.807) is 0 Å². The topological polar surface area (TPSA) is 29.1 Å². The monoisotopic (exact) mass is 393 g/mol. The molecule has 0 radical (unpaired) electrons. The van der Waals surface area contributed by atoms with Gasteiger partial charge in [0, 0.05) is 9.61 Å². The first-order valence-electron chi connectivity index (χ1n) is 6.98. The molecule has 0 saturated heterocycles. The summed E-state index contributed by atoms with van der Waals surface area (Å²) in [5.41, 5.74) is 2.70. The number of halogens is 1. The lowest BCUT2D eigenvalue weighted by molar-refractivity contribution is -0.123. The fourth-order valence-corrected chi connectivity index (χ4v) is 2.78. The predicted molar refractivity (Wildman–Crippen MR) is 96.8 cm³/mol. The van der Waals surface area contributed by atoms with Gasteiger partial charge in [-0.2, -0.15) is 0 Å². The van der Waals surface area contributed by atoms with Crippen LogP contribution in [0.2, 0.25) is 0 Å². The molecule has 0 aliphatic carbocycles. The van der Waals surface area contributed by atoms with Crippen molar-refractivity contribution in [3.05, 3.63) is 65.7 Å². The van der Waals surface area contributed by atoms with Crippen molar-refractivity contribution < 1.29 is 4.79 Å². The standard InChI is InChI=1S/C18H20INO/c1-13-9-11-15(12-10-13)20-17(21)18(2,3)16(19)14-7-5-4-6-8-14/h4-12,16H,1-3H3,(H,20,21). The number of carbonyl (C=O) groups is 1. The molecule has 2 aromatic rings. The first-order chi connectivity index (χ1) is 9.91. The van der Waals surface area contributed by atoms with Gasteiger partial charge in [-0.15, -0.1) is 0 Å². The number of carbonyl (C=O) groups excluding carboxylic acids is 1. The molecule has 2 nitrogen and oxygen atoms in total. The van der Waals surface area contributed by atoms with Crippen LogP contribution >= 0.6 is 22.6 Å². The maximum Gasteiger partial charge on any atom is 0.231 e. The molecule has 1 unspecified atom stereocenters. The average molecular weight is 393 g/mol. The minimum absolute atomic E-state index is 0.0367. The fraction of sp³-hybridized carbons (Fsp3) is 0.278. The van der Waals surface area contributed by atoms with E-state index in [1.807, 2.05) is 63.2 Å². The smallest absolute Gasteiger partial charge is 0.231 e. The highest BCUT2D eigenvalue weighted by atomic mass is 127. The van der Waals surface area contributed by atoms with Gasteiger partial charge < -0.3 is 5.32 Å². The van der Waals surface area contributed by atoms with E-state index in [4.69, 9.17) is 0 Å². The van der Waals surface area contributed by atoms with Gasteiger partial charge in [-0.05, 0) is 38.5 Å². The third-order valence-electron chi connectivity index (χ3n) is 3.62. The molecular weight excluding hydrogens is 373 g/mol. The van der Waals surface area contributed by atoms with E-state index in [1.165, 1.54) is 11.1 Å². The second-order valence-corrected chi connectivity index (χ2v) is 7.06. The third-order valence-corrected chi connectivity index (χ3v) is 5.90. The zero-order valence-corrected chi connectivity index (χ0v) is 14.7. The summed E-state index contributed by atoms with van der Waals surface area (Å²) >= 11 is 2.35. The molecule has 0 aromatic heterocycles. The Morgan fingerprint density at radius 1 is 1.05 bits per heavy atom. The number of amides is 1. The maximum atomic E-state index is 12.6. The van der Waals surface area contributed by atoms with E-state index in [-0.39, 0.29) is 9.83 Å². The van der Waals surface area contributed by atoms with Crippen LogP contribution < -0.4 is 5.32 Å². The molecule has 2 aromatic carbocycles. The average Bonchev–Trinajstić information content (AvgIpc) is 2.49. The van der Waals surface area contributed by atoms with Crippen molar-refractivity contribution in [3.8, 4) is 0 Å². The van der Waals surface area contributed by atoms with Gasteiger partial charge in [0.1, 0.15) is 0 Å². The molecule has 0 aliphatic rings. The molecule has 21 heavy (non-hydrogen) atoms. The van der Waals surface area contributed by atoms with Crippen LogP contribution in [0.1, 0.15) is 28.9 Å². The number of hydrogen-bond donors (Lipinski definition) is 1. The third kappa shape index (κ3) is 3.84. The largest absolute Gasteiger partial charge is 0.326 e. The van der Waals surface area contributed by atoms with Crippen molar-refractivity contribution in [2.24, 2.45) is 5.41 Å². The SMILES string of the molecule is Cc1ccc(NC(=O)C(C)(C)C(I)c2ccccc2)cc1. The van der Waals surface area contributed by atoms with Gasteiger partial charge in [0.05, 0.1) is 5.41 Å². The highest BCUT2D eigenvalue weighted by Crippen LogP contribution is 2.41. The second kappa shape index (κ2) is 6.60. The normalized spacial score (nSPS) is 12.8. The van der Waals surface area contributed by atoms with Crippen LogP contribution in [0, 0.1) is 12.3 Å². The number of alkyl halides is 1. The van der Waals surface area contributed by atoms with Gasteiger partial charge in [-0.3, -0.25) is 4.79 Å². The van der Waals surface area contributed by atoms with Crippen molar-refractivity contribution >= 4 is 34.2 Å². The molecule has 0 fully saturated rings. The van der Waals surface area contributed by atoms with Crippen molar-refractivity contribution in [2.75, 3.05) is 5.32 Å². The quantitative estimate of drug-likeness (QED) is 0.566. The van der Waals surface area contributed by atoms with Crippen LogP contribution in [0.25, 0.3) is 0 Å². The Kier molecular flexibility index (Phi) is 5.04. The molecule has 0 bridgehead atoms. The highest BCUT2D eigenvalue weighted by molar-refractivity contribution is 14.1. The summed E-state index contributed by atoms with van der Waals surface area (Å²) in [5, 5.41) is 3.02. The Labute approximate surface area is 140 Å². The van der Waals surface area contributed by atoms with Gasteiger partial charge in [0.2, 0.25) is 5.91 Å². The van der Waals surface area contributed by atoms with Crippen LogP contribution in [-0.4, -0.2) is 5.91 Å². The van der Waals surface area contributed by atoms with E-state index in [2.05, 4.69) is 40.0 Å². The molecule has 0 heterocycles. The maximum absolute atomic E-state index is 12.6.